The van der Waals surface area contributed by atoms with Crippen LogP contribution < -0.4 is 11.1 Å². The zero-order valence-electron chi connectivity index (χ0n) is 9.91. The lowest BCUT2D eigenvalue weighted by molar-refractivity contribution is -0.145. The summed E-state index contributed by atoms with van der Waals surface area (Å²) >= 11 is 0. The van der Waals surface area contributed by atoms with Crippen LogP contribution in [0.4, 0.5) is 0 Å². The number of hydrogen-bond donors (Lipinski definition) is 2. The number of nitrogens with one attached hydrogen (secondary N) is 1. The number of hydrogen-bond acceptors (Lipinski definition) is 4. The molecule has 0 aliphatic heterocycles. The van der Waals surface area contributed by atoms with Crippen LogP contribution in [0.2, 0.25) is 0 Å². The maximum absolute atomic E-state index is 11.9. The van der Waals surface area contributed by atoms with Crippen LogP contribution >= 0.6 is 0 Å². The van der Waals surface area contributed by atoms with Gasteiger partial charge in [-0.3, -0.25) is 4.79 Å². The number of rotatable bonds is 3. The van der Waals surface area contributed by atoms with E-state index >= 15 is 0 Å². The molecule has 1 amide bonds. The summed E-state index contributed by atoms with van der Waals surface area (Å²) < 4.78 is 4.54. The third-order valence-electron chi connectivity index (χ3n) is 3.10. The van der Waals surface area contributed by atoms with Gasteiger partial charge in [-0.05, 0) is 19.8 Å². The van der Waals surface area contributed by atoms with Crippen molar-refractivity contribution in [3.8, 4) is 0 Å². The second-order valence-electron chi connectivity index (χ2n) is 4.44. The minimum absolute atomic E-state index is 0.245. The number of amides is 1. The average molecular weight is 228 g/mol. The quantitative estimate of drug-likeness (QED) is 0.682. The molecular weight excluding hydrogens is 208 g/mol. The van der Waals surface area contributed by atoms with Crippen molar-refractivity contribution in [1.29, 1.82) is 0 Å². The van der Waals surface area contributed by atoms with Crippen molar-refractivity contribution in [2.75, 3.05) is 7.11 Å². The molecule has 0 aromatic rings. The van der Waals surface area contributed by atoms with Crippen molar-refractivity contribution in [1.82, 2.24) is 5.32 Å². The van der Waals surface area contributed by atoms with Gasteiger partial charge in [-0.15, -0.1) is 0 Å². The molecule has 1 aliphatic carbocycles. The van der Waals surface area contributed by atoms with Gasteiger partial charge in [0.25, 0.3) is 0 Å². The zero-order valence-corrected chi connectivity index (χ0v) is 9.91. The summed E-state index contributed by atoms with van der Waals surface area (Å²) in [5.41, 5.74) is 5.22. The summed E-state index contributed by atoms with van der Waals surface area (Å²) in [6.07, 6.45) is 4.44. The predicted molar refractivity (Wildman–Crippen MR) is 59.6 cm³/mol. The molecule has 0 saturated heterocycles. The van der Waals surface area contributed by atoms with Crippen LogP contribution in [0.1, 0.15) is 39.0 Å². The van der Waals surface area contributed by atoms with E-state index in [1.165, 1.54) is 7.11 Å². The van der Waals surface area contributed by atoms with E-state index in [0.29, 0.717) is 12.8 Å². The monoisotopic (exact) mass is 228 g/mol. The smallest absolute Gasteiger partial charge is 0.328 e. The van der Waals surface area contributed by atoms with Crippen LogP contribution in [0.15, 0.2) is 0 Å². The minimum atomic E-state index is -0.805. The molecule has 0 bridgehead atoms. The molecule has 1 saturated carbocycles. The highest BCUT2D eigenvalue weighted by atomic mass is 16.5. The predicted octanol–water partition coefficient (Wildman–Crippen LogP) is 0.326. The molecule has 0 spiro atoms. The Morgan fingerprint density at radius 3 is 2.38 bits per heavy atom. The van der Waals surface area contributed by atoms with Crippen LogP contribution in [-0.2, 0) is 14.3 Å². The molecule has 0 radical (unpaired) electrons. The maximum atomic E-state index is 11.9. The van der Waals surface area contributed by atoms with E-state index in [4.69, 9.17) is 5.73 Å². The number of methoxy groups -OCH3 is 1. The summed E-state index contributed by atoms with van der Waals surface area (Å²) in [4.78, 5) is 23.1. The Balaban J connectivity index is 2.53. The van der Waals surface area contributed by atoms with Gasteiger partial charge in [0.2, 0.25) is 5.91 Å². The standard InChI is InChI=1S/C11H20N2O3/c1-8(9(14)16-2)13-10(15)11(12)6-4-3-5-7-11/h8H,3-7,12H2,1-2H3,(H,13,15)/t8-/m1/s1. The van der Waals surface area contributed by atoms with E-state index in [-0.39, 0.29) is 5.91 Å². The van der Waals surface area contributed by atoms with Gasteiger partial charge in [-0.25, -0.2) is 4.79 Å². The SMILES string of the molecule is COC(=O)[C@@H](C)NC(=O)C1(N)CCCCC1. The van der Waals surface area contributed by atoms with Crippen molar-refractivity contribution in [3.05, 3.63) is 0 Å². The molecule has 5 nitrogen and oxygen atoms in total. The normalized spacial score (nSPS) is 20.9. The van der Waals surface area contributed by atoms with Gasteiger partial charge >= 0.3 is 5.97 Å². The Morgan fingerprint density at radius 1 is 1.31 bits per heavy atom. The van der Waals surface area contributed by atoms with Gasteiger partial charge in [-0.1, -0.05) is 19.3 Å². The largest absolute Gasteiger partial charge is 0.467 e. The topological polar surface area (TPSA) is 81.4 Å². The van der Waals surface area contributed by atoms with Crippen molar-refractivity contribution in [2.45, 2.75) is 50.6 Å². The summed E-state index contributed by atoms with van der Waals surface area (Å²) in [5.74, 6) is -0.696. The number of esters is 1. The Kier molecular flexibility index (Phi) is 4.29. The lowest BCUT2D eigenvalue weighted by Gasteiger charge is -2.32. The van der Waals surface area contributed by atoms with E-state index in [1.807, 2.05) is 0 Å². The molecule has 16 heavy (non-hydrogen) atoms. The molecular formula is C11H20N2O3. The molecule has 1 fully saturated rings. The zero-order chi connectivity index (χ0) is 12.2. The van der Waals surface area contributed by atoms with Crippen molar-refractivity contribution in [2.24, 2.45) is 5.73 Å². The maximum Gasteiger partial charge on any atom is 0.328 e. The van der Waals surface area contributed by atoms with E-state index in [1.54, 1.807) is 6.92 Å². The second-order valence-corrected chi connectivity index (χ2v) is 4.44. The van der Waals surface area contributed by atoms with Gasteiger partial charge in [-0.2, -0.15) is 0 Å². The van der Waals surface area contributed by atoms with Gasteiger partial charge < -0.3 is 15.8 Å². The molecule has 1 aliphatic rings. The fourth-order valence-corrected chi connectivity index (χ4v) is 1.99. The third kappa shape index (κ3) is 2.95. The number of ether oxygens (including phenoxy) is 1. The van der Waals surface area contributed by atoms with Crippen LogP contribution in [0.3, 0.4) is 0 Å². The Hall–Kier alpha value is -1.10. The first kappa shape index (κ1) is 13.0. The molecule has 1 atom stereocenters. The molecule has 3 N–H and O–H groups in total. The Bertz CT molecular complexity index is 272. The summed E-state index contributed by atoms with van der Waals surface area (Å²) in [7, 11) is 1.30. The average Bonchev–Trinajstić information content (AvgIpc) is 2.28. The van der Waals surface area contributed by atoms with Crippen LogP contribution in [0.5, 0.6) is 0 Å². The fraction of sp³-hybridized carbons (Fsp3) is 0.818. The van der Waals surface area contributed by atoms with Gasteiger partial charge in [0.1, 0.15) is 6.04 Å². The molecule has 0 unspecified atom stereocenters. The molecule has 0 aromatic carbocycles. The van der Waals surface area contributed by atoms with Crippen LogP contribution in [-0.4, -0.2) is 30.6 Å². The van der Waals surface area contributed by atoms with Crippen LogP contribution in [0.25, 0.3) is 0 Å². The first-order chi connectivity index (χ1) is 7.49. The highest BCUT2D eigenvalue weighted by Crippen LogP contribution is 2.26. The highest BCUT2D eigenvalue weighted by Gasteiger charge is 2.36. The van der Waals surface area contributed by atoms with E-state index in [9.17, 15) is 9.59 Å². The molecule has 1 rings (SSSR count). The second kappa shape index (κ2) is 5.30. The van der Waals surface area contributed by atoms with Crippen molar-refractivity contribution >= 4 is 11.9 Å². The fourth-order valence-electron chi connectivity index (χ4n) is 1.99. The molecule has 92 valence electrons. The number of carbonyl (C=O) groups excluding carboxylic acids is 2. The van der Waals surface area contributed by atoms with Crippen molar-refractivity contribution in [3.63, 3.8) is 0 Å². The van der Waals surface area contributed by atoms with E-state index in [0.717, 1.165) is 19.3 Å². The van der Waals surface area contributed by atoms with E-state index in [2.05, 4.69) is 10.1 Å². The number of nitrogens with two attached hydrogens (primary N) is 1. The van der Waals surface area contributed by atoms with Gasteiger partial charge in [0, 0.05) is 0 Å². The summed E-state index contributed by atoms with van der Waals surface area (Å²) in [6, 6.07) is -0.639. The van der Waals surface area contributed by atoms with Gasteiger partial charge in [0.15, 0.2) is 0 Å². The highest BCUT2D eigenvalue weighted by molar-refractivity contribution is 5.90. The van der Waals surface area contributed by atoms with E-state index < -0.39 is 17.6 Å². The lowest BCUT2D eigenvalue weighted by Crippen LogP contribution is -2.57. The molecule has 0 aromatic heterocycles. The first-order valence-electron chi connectivity index (χ1n) is 5.67. The molecule has 0 heterocycles. The first-order valence-corrected chi connectivity index (χ1v) is 5.67. The third-order valence-corrected chi connectivity index (χ3v) is 3.10. The van der Waals surface area contributed by atoms with Crippen LogP contribution in [0, 0.1) is 0 Å². The minimum Gasteiger partial charge on any atom is -0.467 e. The Labute approximate surface area is 95.7 Å². The number of carbonyl (C=O) groups is 2. The summed E-state index contributed by atoms with van der Waals surface area (Å²) in [5, 5.41) is 2.60. The summed E-state index contributed by atoms with van der Waals surface area (Å²) in [6.45, 7) is 1.59. The van der Waals surface area contributed by atoms with Gasteiger partial charge in [0.05, 0.1) is 12.6 Å². The molecule has 5 heteroatoms. The Morgan fingerprint density at radius 2 is 1.88 bits per heavy atom. The lowest BCUT2D eigenvalue weighted by atomic mass is 9.82. The van der Waals surface area contributed by atoms with Crippen molar-refractivity contribution < 1.29 is 14.3 Å².